The van der Waals surface area contributed by atoms with Crippen LogP contribution in [0.2, 0.25) is 0 Å². The van der Waals surface area contributed by atoms with Crippen molar-refractivity contribution in [3.8, 4) is 0 Å². The lowest BCUT2D eigenvalue weighted by molar-refractivity contribution is 0.207. The molecule has 112 valence electrons. The molecule has 1 aliphatic rings. The molecule has 0 bridgehead atoms. The second-order valence-corrected chi connectivity index (χ2v) is 6.35. The SMILES string of the molecule is CN1CCC(CCn2c(=S)[nH]c3ccccc3c2=O)CC1. The number of nitrogens with one attached hydrogen (secondary N) is 1. The summed E-state index contributed by atoms with van der Waals surface area (Å²) in [5.41, 5.74) is 0.852. The Balaban J connectivity index is 1.81. The lowest BCUT2D eigenvalue weighted by atomic mass is 9.94. The molecule has 0 unspecified atom stereocenters. The van der Waals surface area contributed by atoms with Gasteiger partial charge in [-0.05, 0) is 69.7 Å². The molecule has 2 aromatic rings. The number of piperidine rings is 1. The normalized spacial score (nSPS) is 17.4. The van der Waals surface area contributed by atoms with Gasteiger partial charge in [0, 0.05) is 6.54 Å². The van der Waals surface area contributed by atoms with Crippen LogP contribution in [0, 0.1) is 10.7 Å². The third kappa shape index (κ3) is 3.09. The molecule has 0 atom stereocenters. The average molecular weight is 303 g/mol. The summed E-state index contributed by atoms with van der Waals surface area (Å²) < 4.78 is 2.25. The van der Waals surface area contributed by atoms with Gasteiger partial charge in [0.05, 0.1) is 10.9 Å². The molecule has 1 saturated heterocycles. The van der Waals surface area contributed by atoms with Crippen molar-refractivity contribution in [3.05, 3.63) is 39.4 Å². The molecule has 1 aromatic carbocycles. The molecule has 4 nitrogen and oxygen atoms in total. The maximum absolute atomic E-state index is 12.5. The van der Waals surface area contributed by atoms with E-state index in [-0.39, 0.29) is 5.56 Å². The summed E-state index contributed by atoms with van der Waals surface area (Å²) in [5.74, 6) is 0.703. The molecule has 1 fully saturated rings. The first-order valence-corrected chi connectivity index (χ1v) is 7.96. The topological polar surface area (TPSA) is 41.0 Å². The largest absolute Gasteiger partial charge is 0.332 e. The second kappa shape index (κ2) is 6.12. The van der Waals surface area contributed by atoms with Crippen LogP contribution in [0.25, 0.3) is 10.9 Å². The Morgan fingerprint density at radius 2 is 2.00 bits per heavy atom. The Kier molecular flexibility index (Phi) is 4.22. The lowest BCUT2D eigenvalue weighted by Crippen LogP contribution is -2.31. The fourth-order valence-corrected chi connectivity index (χ4v) is 3.35. The van der Waals surface area contributed by atoms with Gasteiger partial charge in [-0.15, -0.1) is 0 Å². The van der Waals surface area contributed by atoms with Crippen LogP contribution in [0.15, 0.2) is 29.1 Å². The molecular weight excluding hydrogens is 282 g/mol. The van der Waals surface area contributed by atoms with E-state index in [1.54, 1.807) is 4.57 Å². The molecule has 0 aliphatic carbocycles. The summed E-state index contributed by atoms with van der Waals surface area (Å²) in [4.78, 5) is 18.1. The van der Waals surface area contributed by atoms with E-state index in [2.05, 4.69) is 16.9 Å². The van der Waals surface area contributed by atoms with Gasteiger partial charge in [-0.25, -0.2) is 0 Å². The van der Waals surface area contributed by atoms with Crippen LogP contribution >= 0.6 is 12.2 Å². The number of likely N-dealkylation sites (tertiary alicyclic amines) is 1. The van der Waals surface area contributed by atoms with Crippen LogP contribution in [-0.2, 0) is 6.54 Å². The summed E-state index contributed by atoms with van der Waals surface area (Å²) >= 11 is 5.35. The van der Waals surface area contributed by atoms with Gasteiger partial charge < -0.3 is 9.88 Å². The maximum atomic E-state index is 12.5. The number of H-pyrrole nitrogens is 1. The van der Waals surface area contributed by atoms with E-state index >= 15 is 0 Å². The van der Waals surface area contributed by atoms with Crippen LogP contribution in [-0.4, -0.2) is 34.6 Å². The third-order valence-electron chi connectivity index (χ3n) is 4.49. The van der Waals surface area contributed by atoms with Crippen molar-refractivity contribution in [2.45, 2.75) is 25.8 Å². The molecule has 0 saturated carbocycles. The minimum atomic E-state index is 0.0299. The number of aromatic amines is 1. The van der Waals surface area contributed by atoms with Crippen molar-refractivity contribution in [1.82, 2.24) is 14.5 Å². The highest BCUT2D eigenvalue weighted by Gasteiger charge is 2.17. The second-order valence-electron chi connectivity index (χ2n) is 5.97. The molecular formula is C16H21N3OS. The van der Waals surface area contributed by atoms with Gasteiger partial charge in [0.25, 0.3) is 5.56 Å². The molecule has 3 rings (SSSR count). The van der Waals surface area contributed by atoms with E-state index in [1.807, 2.05) is 24.3 Å². The smallest absolute Gasteiger partial charge is 0.262 e. The molecule has 0 spiro atoms. The number of benzene rings is 1. The number of hydrogen-bond acceptors (Lipinski definition) is 3. The van der Waals surface area contributed by atoms with Gasteiger partial charge in [-0.2, -0.15) is 0 Å². The molecule has 0 amide bonds. The number of rotatable bonds is 3. The zero-order chi connectivity index (χ0) is 14.8. The summed E-state index contributed by atoms with van der Waals surface area (Å²) in [6.07, 6.45) is 3.47. The summed E-state index contributed by atoms with van der Waals surface area (Å²) in [5, 5.41) is 0.717. The van der Waals surface area contributed by atoms with Crippen LogP contribution in [0.4, 0.5) is 0 Å². The number of aromatic nitrogens is 2. The first-order chi connectivity index (χ1) is 10.1. The van der Waals surface area contributed by atoms with Gasteiger partial charge in [-0.1, -0.05) is 12.1 Å². The molecule has 2 heterocycles. The minimum absolute atomic E-state index is 0.0299. The lowest BCUT2D eigenvalue weighted by Gasteiger charge is -2.29. The van der Waals surface area contributed by atoms with E-state index in [4.69, 9.17) is 12.2 Å². The van der Waals surface area contributed by atoms with Crippen molar-refractivity contribution >= 4 is 23.1 Å². The molecule has 21 heavy (non-hydrogen) atoms. The van der Waals surface area contributed by atoms with Crippen LogP contribution in [0.3, 0.4) is 0 Å². The first kappa shape index (κ1) is 14.5. The Hall–Kier alpha value is -1.46. The van der Waals surface area contributed by atoms with Crippen LogP contribution in [0.1, 0.15) is 19.3 Å². The highest BCUT2D eigenvalue weighted by molar-refractivity contribution is 7.71. The van der Waals surface area contributed by atoms with Gasteiger partial charge in [0.2, 0.25) is 0 Å². The number of fused-ring (bicyclic) bond motifs is 1. The van der Waals surface area contributed by atoms with Crippen molar-refractivity contribution in [2.24, 2.45) is 5.92 Å². The standard InChI is InChI=1S/C16H21N3OS/c1-18-9-6-12(7-10-18)8-11-19-15(20)13-4-2-3-5-14(13)17-16(19)21/h2-5,12H,6-11H2,1H3,(H,17,21). The van der Waals surface area contributed by atoms with Crippen LogP contribution in [0.5, 0.6) is 0 Å². The fourth-order valence-electron chi connectivity index (χ4n) is 3.06. The van der Waals surface area contributed by atoms with E-state index < -0.39 is 0 Å². The van der Waals surface area contributed by atoms with E-state index in [0.29, 0.717) is 17.2 Å². The highest BCUT2D eigenvalue weighted by Crippen LogP contribution is 2.20. The highest BCUT2D eigenvalue weighted by atomic mass is 32.1. The maximum Gasteiger partial charge on any atom is 0.262 e. The predicted molar refractivity (Wildman–Crippen MR) is 88.2 cm³/mol. The zero-order valence-electron chi connectivity index (χ0n) is 12.3. The molecule has 1 N–H and O–H groups in total. The molecule has 0 radical (unpaired) electrons. The predicted octanol–water partition coefficient (Wildman–Crippen LogP) is 2.79. The van der Waals surface area contributed by atoms with Crippen molar-refractivity contribution < 1.29 is 0 Å². The average Bonchev–Trinajstić information content (AvgIpc) is 2.49. The van der Waals surface area contributed by atoms with Crippen molar-refractivity contribution in [1.29, 1.82) is 0 Å². The Morgan fingerprint density at radius 1 is 1.29 bits per heavy atom. The molecule has 1 aliphatic heterocycles. The van der Waals surface area contributed by atoms with Gasteiger partial charge in [0.15, 0.2) is 4.77 Å². The minimum Gasteiger partial charge on any atom is -0.332 e. The van der Waals surface area contributed by atoms with Crippen molar-refractivity contribution in [2.75, 3.05) is 20.1 Å². The Labute approximate surface area is 129 Å². The Bertz CT molecular complexity index is 741. The summed E-state index contributed by atoms with van der Waals surface area (Å²) in [6.45, 7) is 3.03. The molecule has 5 heteroatoms. The molecule has 1 aromatic heterocycles. The van der Waals surface area contributed by atoms with Gasteiger partial charge in [0.1, 0.15) is 0 Å². The number of nitrogens with zero attached hydrogens (tertiary/aromatic N) is 2. The zero-order valence-corrected chi connectivity index (χ0v) is 13.2. The summed E-state index contributed by atoms with van der Waals surface area (Å²) in [7, 11) is 2.17. The third-order valence-corrected chi connectivity index (χ3v) is 4.81. The van der Waals surface area contributed by atoms with Gasteiger partial charge in [-0.3, -0.25) is 9.36 Å². The number of para-hydroxylation sites is 1. The fraction of sp³-hybridized carbons (Fsp3) is 0.500. The van der Waals surface area contributed by atoms with E-state index in [0.717, 1.165) is 30.4 Å². The number of hydrogen-bond donors (Lipinski definition) is 1. The van der Waals surface area contributed by atoms with Crippen molar-refractivity contribution in [3.63, 3.8) is 0 Å². The monoisotopic (exact) mass is 303 g/mol. The van der Waals surface area contributed by atoms with E-state index in [9.17, 15) is 4.79 Å². The first-order valence-electron chi connectivity index (χ1n) is 7.55. The summed E-state index contributed by atoms with van der Waals surface area (Å²) in [6, 6.07) is 7.56. The Morgan fingerprint density at radius 3 is 2.76 bits per heavy atom. The van der Waals surface area contributed by atoms with E-state index in [1.165, 1.54) is 12.8 Å². The van der Waals surface area contributed by atoms with Crippen LogP contribution < -0.4 is 5.56 Å². The quantitative estimate of drug-likeness (QED) is 0.887. The van der Waals surface area contributed by atoms with Gasteiger partial charge >= 0.3 is 0 Å².